The molecule has 0 bridgehead atoms. The fourth-order valence-electron chi connectivity index (χ4n) is 2.62. The molecule has 1 aliphatic rings. The van der Waals surface area contributed by atoms with Gasteiger partial charge in [0, 0.05) is 40.0 Å². The van der Waals surface area contributed by atoms with Crippen LogP contribution in [0.4, 0.5) is 0 Å². The molecule has 0 aromatic heterocycles. The van der Waals surface area contributed by atoms with E-state index >= 15 is 0 Å². The molecule has 0 aromatic carbocycles. The Bertz CT molecular complexity index is 281. The van der Waals surface area contributed by atoms with Gasteiger partial charge in [0.25, 0.3) is 0 Å². The third kappa shape index (κ3) is 2.97. The second kappa shape index (κ2) is 4.64. The lowest BCUT2D eigenvalue weighted by molar-refractivity contribution is -0.117. The van der Waals surface area contributed by atoms with Gasteiger partial charge in [-0.05, 0) is 46.6 Å². The quantitative estimate of drug-likeness (QED) is 0.478. The van der Waals surface area contributed by atoms with Crippen molar-refractivity contribution in [1.29, 1.82) is 0 Å². The monoisotopic (exact) mass is 336 g/mol. The van der Waals surface area contributed by atoms with E-state index in [1.54, 1.807) is 0 Å². The summed E-state index contributed by atoms with van der Waals surface area (Å²) in [5, 5.41) is 3.01. The highest BCUT2D eigenvalue weighted by Crippen LogP contribution is 2.40. The molecule has 0 radical (unpaired) electrons. The summed E-state index contributed by atoms with van der Waals surface area (Å²) >= 11 is 2.40. The SMILES string of the molecule is C=CC(=O)NC1CC(C)(C)N(I)C(C)(C)C1. The standard InChI is InChI=1S/C12H21IN2O/c1-6-10(16)14-9-7-11(2,3)15(13)12(4,5)8-9/h6,9H,1,7-8H2,2-5H3,(H,14,16). The van der Waals surface area contributed by atoms with E-state index in [-0.39, 0.29) is 23.0 Å². The third-order valence-corrected chi connectivity index (χ3v) is 5.70. The molecule has 1 aliphatic heterocycles. The van der Waals surface area contributed by atoms with Gasteiger partial charge in [0.2, 0.25) is 5.91 Å². The summed E-state index contributed by atoms with van der Waals surface area (Å²) < 4.78 is 2.37. The van der Waals surface area contributed by atoms with Crippen LogP contribution in [0, 0.1) is 0 Å². The summed E-state index contributed by atoms with van der Waals surface area (Å²) in [7, 11) is 0. The van der Waals surface area contributed by atoms with Gasteiger partial charge in [-0.3, -0.25) is 4.79 Å². The Kier molecular flexibility index (Phi) is 4.05. The molecule has 0 unspecified atom stereocenters. The Labute approximate surface area is 112 Å². The highest BCUT2D eigenvalue weighted by molar-refractivity contribution is 14.1. The van der Waals surface area contributed by atoms with Crippen LogP contribution in [0.15, 0.2) is 12.7 Å². The lowest BCUT2D eigenvalue weighted by Crippen LogP contribution is -2.60. The first-order valence-electron chi connectivity index (χ1n) is 5.58. The minimum absolute atomic E-state index is 0.0708. The number of rotatable bonds is 2. The smallest absolute Gasteiger partial charge is 0.243 e. The molecule has 16 heavy (non-hydrogen) atoms. The zero-order valence-corrected chi connectivity index (χ0v) is 12.7. The summed E-state index contributed by atoms with van der Waals surface area (Å²) in [6.45, 7) is 12.4. The number of hydrogen-bond donors (Lipinski definition) is 1. The van der Waals surface area contributed by atoms with Crippen LogP contribution in [0.5, 0.6) is 0 Å². The molecule has 92 valence electrons. The minimum atomic E-state index is -0.0708. The van der Waals surface area contributed by atoms with Crippen LogP contribution in [0.1, 0.15) is 40.5 Å². The second-order valence-electron chi connectivity index (χ2n) is 5.72. The van der Waals surface area contributed by atoms with E-state index in [0.29, 0.717) is 0 Å². The Morgan fingerprint density at radius 3 is 2.19 bits per heavy atom. The van der Waals surface area contributed by atoms with Crippen LogP contribution in [0.25, 0.3) is 0 Å². The number of carbonyl (C=O) groups excluding carboxylic acids is 1. The van der Waals surface area contributed by atoms with Crippen LogP contribution in [0.3, 0.4) is 0 Å². The minimum Gasteiger partial charge on any atom is -0.350 e. The van der Waals surface area contributed by atoms with E-state index in [2.05, 4.69) is 65.6 Å². The van der Waals surface area contributed by atoms with Crippen molar-refractivity contribution in [1.82, 2.24) is 8.43 Å². The summed E-state index contributed by atoms with van der Waals surface area (Å²) in [6.07, 6.45) is 3.29. The predicted octanol–water partition coefficient (Wildman–Crippen LogP) is 2.66. The molecule has 0 spiro atoms. The number of amides is 1. The van der Waals surface area contributed by atoms with E-state index in [0.717, 1.165) is 12.8 Å². The number of hydrogen-bond acceptors (Lipinski definition) is 2. The Morgan fingerprint density at radius 2 is 1.81 bits per heavy atom. The molecule has 1 fully saturated rings. The van der Waals surface area contributed by atoms with E-state index in [4.69, 9.17) is 0 Å². The fourth-order valence-corrected chi connectivity index (χ4v) is 3.01. The van der Waals surface area contributed by atoms with Crippen molar-refractivity contribution in [2.45, 2.75) is 57.7 Å². The van der Waals surface area contributed by atoms with Crippen LogP contribution in [-0.2, 0) is 4.79 Å². The highest BCUT2D eigenvalue weighted by Gasteiger charge is 2.44. The fraction of sp³-hybridized carbons (Fsp3) is 0.750. The van der Waals surface area contributed by atoms with Crippen molar-refractivity contribution < 1.29 is 4.79 Å². The zero-order chi connectivity index (χ0) is 12.6. The van der Waals surface area contributed by atoms with Crippen LogP contribution >= 0.6 is 22.9 Å². The number of halogens is 1. The van der Waals surface area contributed by atoms with Crippen molar-refractivity contribution >= 4 is 28.8 Å². The van der Waals surface area contributed by atoms with E-state index < -0.39 is 0 Å². The van der Waals surface area contributed by atoms with Crippen molar-refractivity contribution in [2.24, 2.45) is 0 Å². The van der Waals surface area contributed by atoms with Gasteiger partial charge in [0.1, 0.15) is 0 Å². The van der Waals surface area contributed by atoms with Crippen LogP contribution in [0.2, 0.25) is 0 Å². The average molecular weight is 336 g/mol. The first-order valence-corrected chi connectivity index (χ1v) is 6.54. The first kappa shape index (κ1) is 14.0. The maximum atomic E-state index is 11.3. The number of carbonyl (C=O) groups is 1. The largest absolute Gasteiger partial charge is 0.350 e. The molecule has 1 N–H and O–H groups in total. The van der Waals surface area contributed by atoms with E-state index in [1.807, 2.05) is 0 Å². The van der Waals surface area contributed by atoms with E-state index in [1.165, 1.54) is 6.08 Å². The zero-order valence-electron chi connectivity index (χ0n) is 10.5. The Hall–Kier alpha value is -0.100. The van der Waals surface area contributed by atoms with Gasteiger partial charge >= 0.3 is 0 Å². The molecule has 1 saturated heterocycles. The van der Waals surface area contributed by atoms with Gasteiger partial charge in [-0.1, -0.05) is 6.58 Å². The average Bonchev–Trinajstić information content (AvgIpc) is 2.13. The molecule has 1 amide bonds. The molecule has 0 aliphatic carbocycles. The summed E-state index contributed by atoms with van der Waals surface area (Å²) in [5.74, 6) is -0.0708. The lowest BCUT2D eigenvalue weighted by atomic mass is 9.79. The lowest BCUT2D eigenvalue weighted by Gasteiger charge is -2.52. The van der Waals surface area contributed by atoms with Gasteiger partial charge in [-0.25, -0.2) is 3.11 Å². The molecule has 3 nitrogen and oxygen atoms in total. The van der Waals surface area contributed by atoms with Gasteiger partial charge in [0.15, 0.2) is 0 Å². The maximum Gasteiger partial charge on any atom is 0.243 e. The number of piperidine rings is 1. The highest BCUT2D eigenvalue weighted by atomic mass is 127. The van der Waals surface area contributed by atoms with Crippen molar-refractivity contribution in [2.75, 3.05) is 0 Å². The topological polar surface area (TPSA) is 32.3 Å². The van der Waals surface area contributed by atoms with Gasteiger partial charge in [-0.15, -0.1) is 0 Å². The molecule has 4 heteroatoms. The normalized spacial score (nSPS) is 25.1. The molecule has 0 atom stereocenters. The van der Waals surface area contributed by atoms with Gasteiger partial charge < -0.3 is 5.32 Å². The number of nitrogens with one attached hydrogen (secondary N) is 1. The van der Waals surface area contributed by atoms with Gasteiger partial charge in [-0.2, -0.15) is 0 Å². The van der Waals surface area contributed by atoms with Crippen molar-refractivity contribution in [3.63, 3.8) is 0 Å². The molecule has 0 saturated carbocycles. The summed E-state index contributed by atoms with van der Waals surface area (Å²) in [6, 6.07) is 0.238. The third-order valence-electron chi connectivity index (χ3n) is 3.09. The predicted molar refractivity (Wildman–Crippen MR) is 75.4 cm³/mol. The van der Waals surface area contributed by atoms with Crippen molar-refractivity contribution in [3.8, 4) is 0 Å². The summed E-state index contributed by atoms with van der Waals surface area (Å²) in [5.41, 5.74) is 0.197. The summed E-state index contributed by atoms with van der Waals surface area (Å²) in [4.78, 5) is 11.3. The molecule has 0 aromatic rings. The Morgan fingerprint density at radius 1 is 1.38 bits per heavy atom. The molecular formula is C12H21IN2O. The molecule has 1 rings (SSSR count). The van der Waals surface area contributed by atoms with Gasteiger partial charge in [0.05, 0.1) is 0 Å². The second-order valence-corrected chi connectivity index (χ2v) is 6.69. The first-order chi connectivity index (χ1) is 7.19. The molecular weight excluding hydrogens is 315 g/mol. The van der Waals surface area contributed by atoms with Crippen LogP contribution < -0.4 is 5.32 Å². The molecule has 1 heterocycles. The van der Waals surface area contributed by atoms with E-state index in [9.17, 15) is 4.79 Å². The van der Waals surface area contributed by atoms with Crippen molar-refractivity contribution in [3.05, 3.63) is 12.7 Å². The van der Waals surface area contributed by atoms with Crippen LogP contribution in [-0.4, -0.2) is 26.1 Å². The Balaban J connectivity index is 2.78. The number of nitrogens with zero attached hydrogens (tertiary/aromatic N) is 1. The maximum absolute atomic E-state index is 11.3.